The summed E-state index contributed by atoms with van der Waals surface area (Å²) in [6, 6.07) is 14.4. The smallest absolute Gasteiger partial charge is 0.191 e. The molecule has 1 fully saturated rings. The minimum Gasteiger partial charge on any atom is -0.491 e. The van der Waals surface area contributed by atoms with Crippen molar-refractivity contribution in [3.63, 3.8) is 0 Å². The SMILES string of the molecule is CN=C(NCCOc1cccc2ccccc12)NCCN1CCOCC1.I. The lowest BCUT2D eigenvalue weighted by Gasteiger charge is -2.26. The third-order valence-electron chi connectivity index (χ3n) is 4.45. The zero-order valence-electron chi connectivity index (χ0n) is 15.8. The fourth-order valence-corrected chi connectivity index (χ4v) is 3.03. The second kappa shape index (κ2) is 12.0. The maximum atomic E-state index is 5.95. The molecule has 7 heteroatoms. The first kappa shape index (κ1) is 21.7. The number of halogens is 1. The highest BCUT2D eigenvalue weighted by atomic mass is 127. The highest BCUT2D eigenvalue weighted by molar-refractivity contribution is 14.0. The summed E-state index contributed by atoms with van der Waals surface area (Å²) < 4.78 is 11.3. The van der Waals surface area contributed by atoms with Gasteiger partial charge in [0, 0.05) is 38.6 Å². The molecular formula is C20H29IN4O2. The van der Waals surface area contributed by atoms with E-state index in [1.807, 2.05) is 24.3 Å². The van der Waals surface area contributed by atoms with Crippen LogP contribution in [0.4, 0.5) is 0 Å². The van der Waals surface area contributed by atoms with E-state index in [1.54, 1.807) is 7.05 Å². The Kier molecular flexibility index (Phi) is 9.65. The van der Waals surface area contributed by atoms with Gasteiger partial charge in [-0.05, 0) is 11.5 Å². The molecule has 27 heavy (non-hydrogen) atoms. The average molecular weight is 484 g/mol. The van der Waals surface area contributed by atoms with Gasteiger partial charge in [-0.2, -0.15) is 0 Å². The van der Waals surface area contributed by atoms with E-state index in [2.05, 4.69) is 38.7 Å². The van der Waals surface area contributed by atoms with Gasteiger partial charge in [-0.15, -0.1) is 24.0 Å². The van der Waals surface area contributed by atoms with Gasteiger partial charge in [0.1, 0.15) is 12.4 Å². The van der Waals surface area contributed by atoms with Crippen LogP contribution < -0.4 is 15.4 Å². The topological polar surface area (TPSA) is 58.1 Å². The van der Waals surface area contributed by atoms with Gasteiger partial charge >= 0.3 is 0 Å². The molecule has 2 aromatic carbocycles. The quantitative estimate of drug-likeness (QED) is 0.274. The molecule has 6 nitrogen and oxygen atoms in total. The van der Waals surface area contributed by atoms with Crippen LogP contribution in [0.5, 0.6) is 5.75 Å². The molecule has 0 saturated carbocycles. The third kappa shape index (κ3) is 6.82. The van der Waals surface area contributed by atoms with Crippen molar-refractivity contribution in [3.05, 3.63) is 42.5 Å². The number of ether oxygens (including phenoxy) is 2. The Bertz CT molecular complexity index is 715. The van der Waals surface area contributed by atoms with Crippen LogP contribution in [0.3, 0.4) is 0 Å². The van der Waals surface area contributed by atoms with Gasteiger partial charge in [0.15, 0.2) is 5.96 Å². The van der Waals surface area contributed by atoms with Gasteiger partial charge < -0.3 is 20.1 Å². The lowest BCUT2D eigenvalue weighted by molar-refractivity contribution is 0.0389. The highest BCUT2D eigenvalue weighted by Crippen LogP contribution is 2.24. The second-order valence-corrected chi connectivity index (χ2v) is 6.21. The minimum atomic E-state index is 0. The number of hydrogen-bond donors (Lipinski definition) is 2. The molecule has 0 unspecified atom stereocenters. The zero-order valence-corrected chi connectivity index (χ0v) is 18.1. The number of morpholine rings is 1. The van der Waals surface area contributed by atoms with E-state index in [0.717, 1.165) is 56.5 Å². The summed E-state index contributed by atoms with van der Waals surface area (Å²) in [7, 11) is 1.79. The largest absolute Gasteiger partial charge is 0.491 e. The van der Waals surface area contributed by atoms with Gasteiger partial charge in [0.25, 0.3) is 0 Å². The molecule has 148 valence electrons. The number of nitrogens with zero attached hydrogens (tertiary/aromatic N) is 2. The van der Waals surface area contributed by atoms with Crippen molar-refractivity contribution in [1.29, 1.82) is 0 Å². The van der Waals surface area contributed by atoms with Gasteiger partial charge in [-0.1, -0.05) is 36.4 Å². The molecule has 0 spiro atoms. The van der Waals surface area contributed by atoms with Crippen molar-refractivity contribution in [3.8, 4) is 5.75 Å². The maximum absolute atomic E-state index is 5.95. The van der Waals surface area contributed by atoms with Crippen LogP contribution in [0.1, 0.15) is 0 Å². The molecule has 0 amide bonds. The molecule has 3 rings (SSSR count). The molecule has 1 aliphatic heterocycles. The van der Waals surface area contributed by atoms with E-state index >= 15 is 0 Å². The van der Waals surface area contributed by atoms with Crippen LogP contribution in [0.25, 0.3) is 10.8 Å². The summed E-state index contributed by atoms with van der Waals surface area (Å²) in [6.45, 7) is 6.81. The molecule has 1 heterocycles. The molecule has 1 aliphatic rings. The van der Waals surface area contributed by atoms with Crippen molar-refractivity contribution in [2.75, 3.05) is 59.6 Å². The van der Waals surface area contributed by atoms with Crippen LogP contribution in [0.2, 0.25) is 0 Å². The monoisotopic (exact) mass is 484 g/mol. The third-order valence-corrected chi connectivity index (χ3v) is 4.45. The molecule has 2 N–H and O–H groups in total. The average Bonchev–Trinajstić information content (AvgIpc) is 2.70. The molecule has 0 aliphatic carbocycles. The number of fused-ring (bicyclic) bond motifs is 1. The van der Waals surface area contributed by atoms with Crippen molar-refractivity contribution < 1.29 is 9.47 Å². The van der Waals surface area contributed by atoms with E-state index in [-0.39, 0.29) is 24.0 Å². The fraction of sp³-hybridized carbons (Fsp3) is 0.450. The normalized spacial score (nSPS) is 15.2. The van der Waals surface area contributed by atoms with E-state index < -0.39 is 0 Å². The second-order valence-electron chi connectivity index (χ2n) is 6.21. The summed E-state index contributed by atoms with van der Waals surface area (Å²) >= 11 is 0. The summed E-state index contributed by atoms with van der Waals surface area (Å²) in [6.07, 6.45) is 0. The highest BCUT2D eigenvalue weighted by Gasteiger charge is 2.09. The molecule has 0 radical (unpaired) electrons. The van der Waals surface area contributed by atoms with Crippen LogP contribution >= 0.6 is 24.0 Å². The van der Waals surface area contributed by atoms with Crippen LogP contribution in [0, 0.1) is 0 Å². The van der Waals surface area contributed by atoms with Crippen molar-refractivity contribution in [2.24, 2.45) is 4.99 Å². The first-order chi connectivity index (χ1) is 12.9. The number of rotatable bonds is 7. The van der Waals surface area contributed by atoms with Crippen molar-refractivity contribution >= 4 is 40.7 Å². The van der Waals surface area contributed by atoms with Crippen LogP contribution in [0.15, 0.2) is 47.5 Å². The van der Waals surface area contributed by atoms with Crippen LogP contribution in [-0.4, -0.2) is 70.5 Å². The minimum absolute atomic E-state index is 0. The van der Waals surface area contributed by atoms with Crippen molar-refractivity contribution in [2.45, 2.75) is 0 Å². The summed E-state index contributed by atoms with van der Waals surface area (Å²) in [4.78, 5) is 6.66. The molecule has 2 aromatic rings. The Morgan fingerprint density at radius 1 is 1.07 bits per heavy atom. The van der Waals surface area contributed by atoms with E-state index in [1.165, 1.54) is 5.39 Å². The molecule has 0 bridgehead atoms. The van der Waals surface area contributed by atoms with Gasteiger partial charge in [0.05, 0.1) is 19.8 Å². The Balaban J connectivity index is 0.00000261. The Morgan fingerprint density at radius 2 is 1.81 bits per heavy atom. The standard InChI is InChI=1S/C20H28N4O2.HI/c1-21-20(22-9-11-24-12-15-25-16-13-24)23-10-14-26-19-8-4-6-17-5-2-3-7-18(17)19;/h2-8H,9-16H2,1H3,(H2,21,22,23);1H. The van der Waals surface area contributed by atoms with E-state index in [0.29, 0.717) is 13.2 Å². The van der Waals surface area contributed by atoms with E-state index in [9.17, 15) is 0 Å². The van der Waals surface area contributed by atoms with Gasteiger partial charge in [-0.25, -0.2) is 0 Å². The summed E-state index contributed by atoms with van der Waals surface area (Å²) in [5, 5.41) is 8.98. The molecule has 0 aromatic heterocycles. The fourth-order valence-electron chi connectivity index (χ4n) is 3.03. The number of nitrogens with one attached hydrogen (secondary N) is 2. The Hall–Kier alpha value is -1.58. The number of benzene rings is 2. The first-order valence-corrected chi connectivity index (χ1v) is 9.22. The molecular weight excluding hydrogens is 455 g/mol. The van der Waals surface area contributed by atoms with Crippen molar-refractivity contribution in [1.82, 2.24) is 15.5 Å². The predicted molar refractivity (Wildman–Crippen MR) is 121 cm³/mol. The summed E-state index contributed by atoms with van der Waals surface area (Å²) in [5.41, 5.74) is 0. The zero-order chi connectivity index (χ0) is 18.0. The number of aliphatic imine (C=N–C) groups is 1. The molecule has 1 saturated heterocycles. The Morgan fingerprint density at radius 3 is 2.63 bits per heavy atom. The van der Waals surface area contributed by atoms with E-state index in [4.69, 9.17) is 9.47 Å². The number of hydrogen-bond acceptors (Lipinski definition) is 4. The Labute approximate surface area is 178 Å². The lowest BCUT2D eigenvalue weighted by Crippen LogP contribution is -2.45. The number of guanidine groups is 1. The predicted octanol–water partition coefficient (Wildman–Crippen LogP) is 2.33. The van der Waals surface area contributed by atoms with Crippen LogP contribution in [-0.2, 0) is 4.74 Å². The first-order valence-electron chi connectivity index (χ1n) is 9.22. The molecule has 0 atom stereocenters. The van der Waals surface area contributed by atoms with Gasteiger partial charge in [-0.3, -0.25) is 9.89 Å². The lowest BCUT2D eigenvalue weighted by atomic mass is 10.1. The maximum Gasteiger partial charge on any atom is 0.191 e. The summed E-state index contributed by atoms with van der Waals surface area (Å²) in [5.74, 6) is 1.72. The van der Waals surface area contributed by atoms with Gasteiger partial charge in [0.2, 0.25) is 0 Å².